The zero-order valence-electron chi connectivity index (χ0n) is 19.6. The van der Waals surface area contributed by atoms with Crippen LogP contribution in [-0.4, -0.2) is 85.3 Å². The normalized spacial score (nSPS) is 21.7. The third-order valence-corrected chi connectivity index (χ3v) is 4.98. The lowest BCUT2D eigenvalue weighted by Crippen LogP contribution is -2.41. The molecular formula is C21H45N6O3+. The summed E-state index contributed by atoms with van der Waals surface area (Å²) >= 11 is 0. The average Bonchev–Trinajstić information content (AvgIpc) is 3.03. The van der Waals surface area contributed by atoms with E-state index in [9.17, 15) is 5.21 Å². The fourth-order valence-corrected chi connectivity index (χ4v) is 3.65. The maximum atomic E-state index is 9.77. The van der Waals surface area contributed by atoms with Crippen molar-refractivity contribution >= 4 is 6.21 Å². The van der Waals surface area contributed by atoms with E-state index in [1.165, 1.54) is 5.57 Å². The first-order chi connectivity index (χ1) is 14.1. The van der Waals surface area contributed by atoms with Gasteiger partial charge in [0.15, 0.2) is 6.54 Å². The molecule has 30 heavy (non-hydrogen) atoms. The van der Waals surface area contributed by atoms with Gasteiger partial charge in [-0.1, -0.05) is 20.8 Å². The lowest BCUT2D eigenvalue weighted by molar-refractivity contribution is -0.771. The van der Waals surface area contributed by atoms with Crippen LogP contribution in [-0.2, 0) is 9.47 Å². The van der Waals surface area contributed by atoms with Gasteiger partial charge in [-0.25, -0.2) is 10.9 Å². The second kappa shape index (κ2) is 13.2. The van der Waals surface area contributed by atoms with Gasteiger partial charge in [-0.05, 0) is 48.0 Å². The summed E-state index contributed by atoms with van der Waals surface area (Å²) in [6, 6.07) is 0. The van der Waals surface area contributed by atoms with Crippen LogP contribution in [0.15, 0.2) is 11.3 Å². The van der Waals surface area contributed by atoms with E-state index in [1.54, 1.807) is 23.3 Å². The fraction of sp³-hybridized carbons (Fsp3) is 0.857. The molecule has 2 atom stereocenters. The number of nitrogens with two attached hydrogens (primary N) is 3. The van der Waals surface area contributed by atoms with Gasteiger partial charge in [-0.2, -0.15) is 0 Å². The lowest BCUT2D eigenvalue weighted by atomic mass is 9.99. The molecule has 0 radical (unpaired) electrons. The number of ether oxygens (including phenoxy) is 2. The molecule has 0 spiro atoms. The van der Waals surface area contributed by atoms with Crippen LogP contribution >= 0.6 is 0 Å². The van der Waals surface area contributed by atoms with Crippen molar-refractivity contribution in [2.75, 3.05) is 46.9 Å². The Balaban J connectivity index is 0.000000553. The molecule has 176 valence electrons. The Bertz CT molecular complexity index is 559. The highest BCUT2D eigenvalue weighted by atomic mass is 16.5. The number of nitrogens with zero attached hydrogens (tertiary/aromatic N) is 3. The summed E-state index contributed by atoms with van der Waals surface area (Å²) in [6.07, 6.45) is 6.70. The third-order valence-electron chi connectivity index (χ3n) is 4.98. The Kier molecular flexibility index (Phi) is 11.8. The van der Waals surface area contributed by atoms with Crippen LogP contribution in [0.1, 0.15) is 52.9 Å². The quantitative estimate of drug-likeness (QED) is 0.134. The molecule has 2 unspecified atom stereocenters. The summed E-state index contributed by atoms with van der Waals surface area (Å²) in [5, 5.41) is 13.2. The molecule has 2 aliphatic rings. The van der Waals surface area contributed by atoms with Gasteiger partial charge in [0, 0.05) is 27.1 Å². The largest absolute Gasteiger partial charge is 0.384 e. The first-order valence-electron chi connectivity index (χ1n) is 10.9. The number of rotatable bonds is 10. The summed E-state index contributed by atoms with van der Waals surface area (Å²) in [4.78, 5) is 0. The highest BCUT2D eigenvalue weighted by Crippen LogP contribution is 2.38. The van der Waals surface area contributed by atoms with Crippen LogP contribution < -0.4 is 17.4 Å². The van der Waals surface area contributed by atoms with Gasteiger partial charge in [0.25, 0.3) is 0 Å². The van der Waals surface area contributed by atoms with Crippen molar-refractivity contribution in [3.63, 3.8) is 0 Å². The summed E-state index contributed by atoms with van der Waals surface area (Å²) in [6.45, 7) is 9.57. The van der Waals surface area contributed by atoms with Gasteiger partial charge in [0.05, 0.1) is 24.5 Å². The first kappa shape index (κ1) is 26.8. The monoisotopic (exact) mass is 429 g/mol. The second-order valence-corrected chi connectivity index (χ2v) is 9.38. The molecule has 2 heterocycles. The number of hydroxylamine groups is 1. The van der Waals surface area contributed by atoms with E-state index < -0.39 is 0 Å². The summed E-state index contributed by atoms with van der Waals surface area (Å²) in [7, 11) is 3.59. The number of hydrogen-bond acceptors (Lipinski definition) is 8. The van der Waals surface area contributed by atoms with Crippen LogP contribution in [0.2, 0.25) is 0 Å². The maximum absolute atomic E-state index is 9.77. The Hall–Kier alpha value is -1.23. The van der Waals surface area contributed by atoms with Crippen LogP contribution in [0.3, 0.4) is 0 Å². The smallest absolute Gasteiger partial charge is 0.213 e. The predicted molar refractivity (Wildman–Crippen MR) is 120 cm³/mol. The van der Waals surface area contributed by atoms with Crippen LogP contribution in [0.4, 0.5) is 0 Å². The van der Waals surface area contributed by atoms with Gasteiger partial charge in [-0.3, -0.25) is 11.0 Å². The van der Waals surface area contributed by atoms with Crippen molar-refractivity contribution in [2.45, 2.75) is 65.1 Å². The van der Waals surface area contributed by atoms with E-state index >= 15 is 0 Å². The third kappa shape index (κ3) is 10.2. The van der Waals surface area contributed by atoms with Crippen molar-refractivity contribution in [1.82, 2.24) is 10.0 Å². The summed E-state index contributed by atoms with van der Waals surface area (Å²) < 4.78 is 12.1. The lowest BCUT2D eigenvalue weighted by Gasteiger charge is -2.32. The zero-order valence-corrected chi connectivity index (χ0v) is 19.6. The first-order valence-corrected chi connectivity index (χ1v) is 10.9. The number of hydrogen-bond donors (Lipinski definition) is 4. The van der Waals surface area contributed by atoms with Gasteiger partial charge < -0.3 is 20.2 Å². The molecular weight excluding hydrogens is 384 g/mol. The van der Waals surface area contributed by atoms with E-state index in [0.717, 1.165) is 55.7 Å². The van der Waals surface area contributed by atoms with E-state index in [-0.39, 0.29) is 6.10 Å². The van der Waals surface area contributed by atoms with Gasteiger partial charge in [0.2, 0.25) is 6.21 Å². The van der Waals surface area contributed by atoms with Crippen molar-refractivity contribution in [3.8, 4) is 0 Å². The van der Waals surface area contributed by atoms with E-state index in [0.29, 0.717) is 31.2 Å². The molecule has 0 aliphatic carbocycles. The standard InChI is InChI=1S/C15H31N6O2.C6H14O/c1-19(17)8-5-12-11-13-3-4-14(23-13)15(12)21(18)10-9-20(22)7-2-6-16;1-6(2,3)5-7-4/h9,13-14,22H,2-8,10-11,16-18H2,1H3;5H2,1-4H3/q+1;/b20-9+;. The Morgan fingerprint density at radius 1 is 1.30 bits per heavy atom. The topological polar surface area (TPSA) is 126 Å². The van der Waals surface area contributed by atoms with Crippen molar-refractivity contribution in [3.05, 3.63) is 11.3 Å². The molecule has 0 aromatic carbocycles. The Labute approximate surface area is 182 Å². The van der Waals surface area contributed by atoms with Crippen LogP contribution in [0.5, 0.6) is 0 Å². The van der Waals surface area contributed by atoms with E-state index in [2.05, 4.69) is 20.8 Å². The minimum atomic E-state index is 0.0708. The molecule has 0 aromatic rings. The summed E-state index contributed by atoms with van der Waals surface area (Å²) in [5.41, 5.74) is 8.15. The molecule has 2 rings (SSSR count). The van der Waals surface area contributed by atoms with Crippen LogP contribution in [0.25, 0.3) is 0 Å². The number of methoxy groups -OCH3 is 1. The molecule has 9 heteroatoms. The second-order valence-electron chi connectivity index (χ2n) is 9.38. The molecule has 1 fully saturated rings. The van der Waals surface area contributed by atoms with Gasteiger partial charge in [-0.15, -0.1) is 0 Å². The molecule has 2 bridgehead atoms. The zero-order chi connectivity index (χ0) is 22.7. The molecule has 2 aliphatic heterocycles. The van der Waals surface area contributed by atoms with Crippen molar-refractivity contribution < 1.29 is 19.4 Å². The fourth-order valence-electron chi connectivity index (χ4n) is 3.65. The minimum absolute atomic E-state index is 0.0708. The number of hydrazine groups is 2. The van der Waals surface area contributed by atoms with Gasteiger partial charge >= 0.3 is 0 Å². The molecule has 7 N–H and O–H groups in total. The average molecular weight is 430 g/mol. The Morgan fingerprint density at radius 2 is 2.00 bits per heavy atom. The van der Waals surface area contributed by atoms with Gasteiger partial charge in [0.1, 0.15) is 6.54 Å². The molecule has 1 saturated heterocycles. The Morgan fingerprint density at radius 3 is 2.53 bits per heavy atom. The predicted octanol–water partition coefficient (Wildman–Crippen LogP) is 1.06. The number of fused-ring (bicyclic) bond motifs is 2. The SMILES string of the molecule is CN(N)CCC1=C(N(N)C/C=[N+](/O)CCCN)C2CCC(C1)O2.COCC(C)(C)C. The summed E-state index contributed by atoms with van der Waals surface area (Å²) in [5.74, 6) is 12.0. The molecule has 0 amide bonds. The highest BCUT2D eigenvalue weighted by molar-refractivity contribution is 5.54. The molecule has 9 nitrogen and oxygen atoms in total. The van der Waals surface area contributed by atoms with Crippen molar-refractivity contribution in [2.24, 2.45) is 22.8 Å². The van der Waals surface area contributed by atoms with Crippen molar-refractivity contribution in [1.29, 1.82) is 0 Å². The van der Waals surface area contributed by atoms with Crippen LogP contribution in [0, 0.1) is 5.41 Å². The van der Waals surface area contributed by atoms with E-state index in [4.69, 9.17) is 26.9 Å². The maximum Gasteiger partial charge on any atom is 0.213 e. The molecule has 0 aromatic heterocycles. The molecule has 0 saturated carbocycles. The van der Waals surface area contributed by atoms with E-state index in [1.807, 2.05) is 7.05 Å². The highest BCUT2D eigenvalue weighted by Gasteiger charge is 2.37. The minimum Gasteiger partial charge on any atom is -0.384 e.